The van der Waals surface area contributed by atoms with E-state index in [1.807, 2.05) is 43.0 Å². The van der Waals surface area contributed by atoms with Crippen LogP contribution in [0.5, 0.6) is 5.75 Å². The fourth-order valence-electron chi connectivity index (χ4n) is 4.00. The average Bonchev–Trinajstić information content (AvgIpc) is 3.21. The van der Waals surface area contributed by atoms with E-state index in [1.165, 1.54) is 4.90 Å². The fraction of sp³-hybridized carbons (Fsp3) is 0.450. The van der Waals surface area contributed by atoms with Crippen molar-refractivity contribution < 1.29 is 14.3 Å². The number of nitrogens with zero attached hydrogens (tertiary/aromatic N) is 4. The summed E-state index contributed by atoms with van der Waals surface area (Å²) in [7, 11) is 3.32. The summed E-state index contributed by atoms with van der Waals surface area (Å²) in [6, 6.07) is 6.91. The molecular formula is C20H26N6O3. The van der Waals surface area contributed by atoms with Gasteiger partial charge in [0, 0.05) is 43.3 Å². The molecular weight excluding hydrogens is 372 g/mol. The zero-order valence-corrected chi connectivity index (χ0v) is 17.1. The number of nitrogens with one attached hydrogen (secondary N) is 2. The van der Waals surface area contributed by atoms with E-state index in [1.54, 1.807) is 14.2 Å². The van der Waals surface area contributed by atoms with E-state index in [0.717, 1.165) is 48.3 Å². The summed E-state index contributed by atoms with van der Waals surface area (Å²) in [5, 5.41) is 5.82. The molecule has 1 aromatic rings. The normalized spacial score (nSPS) is 23.2. The number of carbonyl (C=O) groups excluding carboxylic acids is 2. The summed E-state index contributed by atoms with van der Waals surface area (Å²) in [4.78, 5) is 34.7. The van der Waals surface area contributed by atoms with E-state index in [2.05, 4.69) is 15.5 Å². The van der Waals surface area contributed by atoms with E-state index in [9.17, 15) is 9.59 Å². The first-order chi connectivity index (χ1) is 13.9. The van der Waals surface area contributed by atoms with Crippen molar-refractivity contribution in [2.45, 2.75) is 32.5 Å². The zero-order chi connectivity index (χ0) is 20.7. The number of methoxy groups -OCH3 is 1. The number of urea groups is 1. The molecule has 1 saturated heterocycles. The lowest BCUT2D eigenvalue weighted by molar-refractivity contribution is -0.126. The largest absolute Gasteiger partial charge is 0.497 e. The van der Waals surface area contributed by atoms with Crippen LogP contribution in [-0.2, 0) is 4.79 Å². The second kappa shape index (κ2) is 7.31. The highest BCUT2D eigenvalue weighted by Gasteiger charge is 2.52. The van der Waals surface area contributed by atoms with E-state index >= 15 is 0 Å². The van der Waals surface area contributed by atoms with Crippen molar-refractivity contribution in [3.8, 4) is 5.75 Å². The third kappa shape index (κ3) is 3.16. The molecule has 3 aliphatic rings. The molecule has 1 fully saturated rings. The van der Waals surface area contributed by atoms with Crippen LogP contribution >= 0.6 is 0 Å². The molecule has 9 heteroatoms. The van der Waals surface area contributed by atoms with Crippen LogP contribution in [0, 0.1) is 0 Å². The summed E-state index contributed by atoms with van der Waals surface area (Å²) in [5.74, 6) is 1.26. The first-order valence-electron chi connectivity index (χ1n) is 9.70. The van der Waals surface area contributed by atoms with Crippen LogP contribution in [0.2, 0.25) is 0 Å². The average molecular weight is 398 g/mol. The first-order valence-corrected chi connectivity index (χ1v) is 9.70. The highest BCUT2D eigenvalue weighted by molar-refractivity contribution is 6.05. The Morgan fingerprint density at radius 3 is 2.79 bits per heavy atom. The second-order valence-electron chi connectivity index (χ2n) is 7.40. The summed E-state index contributed by atoms with van der Waals surface area (Å²) in [6.07, 6.45) is 0.386. The third-order valence-corrected chi connectivity index (χ3v) is 5.73. The highest BCUT2D eigenvalue weighted by Crippen LogP contribution is 2.36. The van der Waals surface area contributed by atoms with Gasteiger partial charge in [-0.1, -0.05) is 6.07 Å². The molecule has 3 aliphatic heterocycles. The number of aliphatic imine (C=N–C) groups is 1. The van der Waals surface area contributed by atoms with Gasteiger partial charge in [-0.3, -0.25) is 15.0 Å². The minimum absolute atomic E-state index is 0.300. The molecule has 0 aliphatic carbocycles. The zero-order valence-electron chi connectivity index (χ0n) is 17.1. The Kier molecular flexibility index (Phi) is 4.81. The predicted octanol–water partition coefficient (Wildman–Crippen LogP) is 1.61. The molecule has 3 heterocycles. The Morgan fingerprint density at radius 2 is 2.03 bits per heavy atom. The molecule has 0 bridgehead atoms. The van der Waals surface area contributed by atoms with E-state index < -0.39 is 18.2 Å². The number of likely N-dealkylation sites (N-methyl/N-ethyl adjacent to an activating group) is 1. The van der Waals surface area contributed by atoms with Crippen LogP contribution in [0.15, 0.2) is 40.7 Å². The van der Waals surface area contributed by atoms with Gasteiger partial charge >= 0.3 is 6.03 Å². The van der Waals surface area contributed by atoms with Gasteiger partial charge in [0.15, 0.2) is 12.2 Å². The molecule has 0 spiro atoms. The number of allylic oxidation sites excluding steroid dienone is 2. The molecule has 3 amide bonds. The number of hydrogen-bond donors (Lipinski definition) is 2. The maximum Gasteiger partial charge on any atom is 0.325 e. The van der Waals surface area contributed by atoms with Gasteiger partial charge in [0.1, 0.15) is 5.75 Å². The molecule has 2 atom stereocenters. The van der Waals surface area contributed by atoms with Gasteiger partial charge < -0.3 is 19.9 Å². The first kappa shape index (κ1) is 19.1. The second-order valence-corrected chi connectivity index (χ2v) is 7.40. The van der Waals surface area contributed by atoms with Crippen LogP contribution in [-0.4, -0.2) is 72.1 Å². The molecule has 154 valence electrons. The van der Waals surface area contributed by atoms with Gasteiger partial charge in [-0.15, -0.1) is 0 Å². The lowest BCUT2D eigenvalue weighted by atomic mass is 10.1. The molecule has 29 heavy (non-hydrogen) atoms. The third-order valence-electron chi connectivity index (χ3n) is 5.73. The summed E-state index contributed by atoms with van der Waals surface area (Å²) >= 11 is 0. The maximum atomic E-state index is 12.5. The van der Waals surface area contributed by atoms with Crippen molar-refractivity contribution in [1.82, 2.24) is 20.0 Å². The van der Waals surface area contributed by atoms with Crippen molar-refractivity contribution >= 4 is 23.6 Å². The highest BCUT2D eigenvalue weighted by atomic mass is 16.5. The molecule has 1 aromatic carbocycles. The Balaban J connectivity index is 1.43. The number of rotatable bonds is 6. The quantitative estimate of drug-likeness (QED) is 0.708. The van der Waals surface area contributed by atoms with E-state index in [-0.39, 0.29) is 5.91 Å². The van der Waals surface area contributed by atoms with Crippen LogP contribution in [0.3, 0.4) is 0 Å². The Labute approximate surface area is 170 Å². The minimum atomic E-state index is -0.512. The molecule has 9 nitrogen and oxygen atoms in total. The summed E-state index contributed by atoms with van der Waals surface area (Å²) in [6.45, 7) is 5.57. The van der Waals surface area contributed by atoms with E-state index in [4.69, 9.17) is 9.73 Å². The molecule has 4 rings (SSSR count). The Hall–Kier alpha value is -3.23. The van der Waals surface area contributed by atoms with Crippen LogP contribution < -0.4 is 15.4 Å². The minimum Gasteiger partial charge on any atom is -0.497 e. The maximum absolute atomic E-state index is 12.5. The van der Waals surface area contributed by atoms with Crippen molar-refractivity contribution in [3.05, 3.63) is 35.7 Å². The molecule has 2 N–H and O–H groups in total. The van der Waals surface area contributed by atoms with Gasteiger partial charge in [-0.25, -0.2) is 9.79 Å². The number of carbonyl (C=O) groups is 2. The number of benzene rings is 1. The van der Waals surface area contributed by atoms with Crippen LogP contribution in [0.1, 0.15) is 20.3 Å². The molecule has 2 unspecified atom stereocenters. The molecule has 0 radical (unpaired) electrons. The lowest BCUT2D eigenvalue weighted by Gasteiger charge is -2.35. The SMILES string of the molecule is COc1cccc(NCCCN2C3=NC4C(C(=O)NC(=O)N4C)N3C(C)=C2C)c1. The number of fused-ring (bicyclic) bond motifs is 3. The monoisotopic (exact) mass is 398 g/mol. The van der Waals surface area contributed by atoms with Gasteiger partial charge in [0.2, 0.25) is 5.96 Å². The number of imide groups is 1. The topological polar surface area (TPSA) is 89.5 Å². The summed E-state index contributed by atoms with van der Waals surface area (Å²) in [5.41, 5.74) is 3.09. The number of ether oxygens (including phenoxy) is 1. The smallest absolute Gasteiger partial charge is 0.325 e. The number of guanidine groups is 1. The Morgan fingerprint density at radius 1 is 1.24 bits per heavy atom. The van der Waals surface area contributed by atoms with Crippen molar-refractivity contribution in [2.75, 3.05) is 32.6 Å². The van der Waals surface area contributed by atoms with Crippen LogP contribution in [0.4, 0.5) is 10.5 Å². The number of hydrogen-bond acceptors (Lipinski definition) is 7. The molecule has 0 aromatic heterocycles. The number of amides is 3. The van der Waals surface area contributed by atoms with Gasteiger partial charge in [0.05, 0.1) is 7.11 Å². The van der Waals surface area contributed by atoms with Crippen molar-refractivity contribution in [3.63, 3.8) is 0 Å². The lowest BCUT2D eigenvalue weighted by Crippen LogP contribution is -2.63. The predicted molar refractivity (Wildman–Crippen MR) is 109 cm³/mol. The van der Waals surface area contributed by atoms with Crippen molar-refractivity contribution in [2.24, 2.45) is 4.99 Å². The standard InChI is InChI=1S/C20H26N6O3/c1-12-13(2)26-16-17(24(3)20(28)23-18(16)27)22-19(26)25(12)10-6-9-21-14-7-5-8-15(11-14)29-4/h5,7-8,11,16-17,21H,6,9-10H2,1-4H3,(H,23,27,28). The van der Waals surface area contributed by atoms with Gasteiger partial charge in [-0.2, -0.15) is 0 Å². The molecule has 0 saturated carbocycles. The summed E-state index contributed by atoms with van der Waals surface area (Å²) < 4.78 is 5.25. The number of anilines is 1. The van der Waals surface area contributed by atoms with E-state index in [0.29, 0.717) is 0 Å². The Bertz CT molecular complexity index is 911. The van der Waals surface area contributed by atoms with Gasteiger partial charge in [-0.05, 0) is 32.4 Å². The fourth-order valence-corrected chi connectivity index (χ4v) is 4.00. The van der Waals surface area contributed by atoms with Crippen molar-refractivity contribution in [1.29, 1.82) is 0 Å². The van der Waals surface area contributed by atoms with Gasteiger partial charge in [0.25, 0.3) is 5.91 Å². The van der Waals surface area contributed by atoms with Crippen LogP contribution in [0.25, 0.3) is 0 Å².